The van der Waals surface area contributed by atoms with Crippen molar-refractivity contribution in [1.29, 1.82) is 0 Å². The second-order valence-electron chi connectivity index (χ2n) is 8.22. The van der Waals surface area contributed by atoms with Crippen LogP contribution in [0, 0.1) is 0 Å². The number of urea groups is 1. The molecule has 2 aliphatic rings. The molecule has 10 heteroatoms. The number of carbonyl (C=O) groups excluding carboxylic acids is 1. The number of nitrogens with one attached hydrogen (secondary N) is 1. The number of halogens is 4. The van der Waals surface area contributed by atoms with E-state index in [1.165, 1.54) is 21.9 Å². The monoisotopic (exact) mass is 480 g/mol. The topological polar surface area (TPSA) is 68.2 Å². The Morgan fingerprint density at radius 1 is 1.09 bits per heavy atom. The minimum absolute atomic E-state index is 0.0196. The van der Waals surface area contributed by atoms with E-state index >= 15 is 0 Å². The van der Waals surface area contributed by atoms with Crippen molar-refractivity contribution < 1.29 is 23.1 Å². The van der Waals surface area contributed by atoms with Crippen LogP contribution in [0.3, 0.4) is 0 Å². The van der Waals surface area contributed by atoms with Gasteiger partial charge in [-0.3, -0.25) is 9.80 Å². The molecule has 0 radical (unpaired) electrons. The lowest BCUT2D eigenvalue weighted by Gasteiger charge is -2.44. The molecule has 2 amide bonds. The van der Waals surface area contributed by atoms with Gasteiger partial charge < -0.3 is 10.4 Å². The van der Waals surface area contributed by atoms with E-state index in [0.717, 1.165) is 49.8 Å². The number of aliphatic imine (C=N–C) groups is 1. The molecule has 1 heterocycles. The summed E-state index contributed by atoms with van der Waals surface area (Å²) >= 11 is 5.97. The van der Waals surface area contributed by atoms with E-state index in [1.54, 1.807) is 24.3 Å². The first-order valence-corrected chi connectivity index (χ1v) is 11.1. The molecule has 4 rings (SSSR count). The zero-order valence-electron chi connectivity index (χ0n) is 17.7. The van der Waals surface area contributed by atoms with Gasteiger partial charge in [0.2, 0.25) is 12.3 Å². The average Bonchev–Trinajstić information content (AvgIpc) is 2.78. The first kappa shape index (κ1) is 23.4. The summed E-state index contributed by atoms with van der Waals surface area (Å²) in [5, 5.41) is 14.6. The van der Waals surface area contributed by atoms with Gasteiger partial charge in [0.1, 0.15) is 0 Å². The number of hydrogen-bond acceptors (Lipinski definition) is 4. The predicted molar refractivity (Wildman–Crippen MR) is 120 cm³/mol. The normalized spacial score (nSPS) is 20.1. The molecule has 0 spiro atoms. The molecule has 2 aromatic rings. The van der Waals surface area contributed by atoms with Gasteiger partial charge in [0, 0.05) is 16.8 Å². The minimum Gasteiger partial charge on any atom is -0.356 e. The number of nitrogens with zero attached hydrogens (tertiary/aromatic N) is 3. The van der Waals surface area contributed by atoms with Gasteiger partial charge in [-0.05, 0) is 48.7 Å². The minimum atomic E-state index is -4.51. The van der Waals surface area contributed by atoms with Gasteiger partial charge in [-0.1, -0.05) is 49.1 Å². The van der Waals surface area contributed by atoms with Crippen LogP contribution in [0.25, 0.3) is 0 Å². The number of aliphatic hydroxyl groups excluding tert-OH is 1. The van der Waals surface area contributed by atoms with Crippen molar-refractivity contribution in [1.82, 2.24) is 9.80 Å². The summed E-state index contributed by atoms with van der Waals surface area (Å²) in [5.74, 6) is -0.0196. The van der Waals surface area contributed by atoms with E-state index in [-0.39, 0.29) is 24.2 Å². The second-order valence-corrected chi connectivity index (χ2v) is 8.66. The molecule has 1 saturated carbocycles. The Labute approximate surface area is 194 Å². The smallest absolute Gasteiger partial charge is 0.356 e. The highest BCUT2D eigenvalue weighted by molar-refractivity contribution is 6.30. The van der Waals surface area contributed by atoms with E-state index in [2.05, 4.69) is 10.3 Å². The molecule has 1 unspecified atom stereocenters. The SMILES string of the molecule is O=C1N=C(Nc2cccc(C(F)(F)F)c2)N(Cc2ccc(Cl)cc2)C(O)N1C1CCCCC1. The Morgan fingerprint density at radius 2 is 1.79 bits per heavy atom. The zero-order valence-corrected chi connectivity index (χ0v) is 18.5. The van der Waals surface area contributed by atoms with Crippen LogP contribution in [0.1, 0.15) is 43.2 Å². The van der Waals surface area contributed by atoms with Crippen LogP contribution in [0.15, 0.2) is 53.5 Å². The number of alkyl halides is 3. The molecule has 176 valence electrons. The van der Waals surface area contributed by atoms with Gasteiger partial charge in [0.25, 0.3) is 0 Å². The Hall–Kier alpha value is -2.78. The Morgan fingerprint density at radius 3 is 2.45 bits per heavy atom. The van der Waals surface area contributed by atoms with E-state index in [0.29, 0.717) is 5.02 Å². The van der Waals surface area contributed by atoms with Crippen molar-refractivity contribution in [3.05, 3.63) is 64.7 Å². The summed E-state index contributed by atoms with van der Waals surface area (Å²) in [6.45, 7) is 0.166. The third-order valence-corrected chi connectivity index (χ3v) is 6.15. The zero-order chi connectivity index (χ0) is 23.6. The lowest BCUT2D eigenvalue weighted by Crippen LogP contribution is -2.61. The highest BCUT2D eigenvalue weighted by atomic mass is 35.5. The van der Waals surface area contributed by atoms with Crippen LogP contribution in [0.2, 0.25) is 5.02 Å². The molecule has 33 heavy (non-hydrogen) atoms. The fourth-order valence-corrected chi connectivity index (χ4v) is 4.35. The Kier molecular flexibility index (Phi) is 6.81. The molecule has 0 aromatic heterocycles. The Bertz CT molecular complexity index is 1020. The third kappa shape index (κ3) is 5.42. The lowest BCUT2D eigenvalue weighted by atomic mass is 9.94. The van der Waals surface area contributed by atoms with Crippen molar-refractivity contribution in [2.45, 2.75) is 57.2 Å². The number of anilines is 1. The van der Waals surface area contributed by atoms with Crippen molar-refractivity contribution in [2.24, 2.45) is 4.99 Å². The van der Waals surface area contributed by atoms with Crippen molar-refractivity contribution in [2.75, 3.05) is 5.32 Å². The summed E-state index contributed by atoms with van der Waals surface area (Å²) in [5.41, 5.74) is 0.0644. The van der Waals surface area contributed by atoms with Crippen LogP contribution in [-0.4, -0.2) is 39.3 Å². The lowest BCUT2D eigenvalue weighted by molar-refractivity contribution is -0.137. The van der Waals surface area contributed by atoms with Crippen molar-refractivity contribution >= 4 is 29.3 Å². The summed E-state index contributed by atoms with van der Waals surface area (Å²) in [6.07, 6.45) is -1.30. The molecule has 1 atom stereocenters. The maximum absolute atomic E-state index is 13.1. The number of hydrogen-bond donors (Lipinski definition) is 2. The summed E-state index contributed by atoms with van der Waals surface area (Å²) in [7, 11) is 0. The van der Waals surface area contributed by atoms with Crippen LogP contribution in [0.4, 0.5) is 23.7 Å². The molecule has 0 bridgehead atoms. The highest BCUT2D eigenvalue weighted by Gasteiger charge is 2.39. The summed E-state index contributed by atoms with van der Waals surface area (Å²) in [6, 6.07) is 10.8. The van der Waals surface area contributed by atoms with Crippen molar-refractivity contribution in [3.63, 3.8) is 0 Å². The Balaban J connectivity index is 1.66. The number of carbonyl (C=O) groups is 1. The molecular weight excluding hydrogens is 457 g/mol. The second kappa shape index (κ2) is 9.61. The number of amides is 2. The molecule has 1 aliphatic heterocycles. The van der Waals surface area contributed by atoms with Crippen LogP contribution >= 0.6 is 11.6 Å². The highest BCUT2D eigenvalue weighted by Crippen LogP contribution is 2.32. The maximum Gasteiger partial charge on any atom is 0.416 e. The summed E-state index contributed by atoms with van der Waals surface area (Å²) in [4.78, 5) is 19.8. The van der Waals surface area contributed by atoms with Gasteiger partial charge >= 0.3 is 12.2 Å². The molecule has 2 N–H and O–H groups in total. The van der Waals surface area contributed by atoms with E-state index < -0.39 is 24.1 Å². The van der Waals surface area contributed by atoms with E-state index in [4.69, 9.17) is 11.6 Å². The molecule has 1 aliphatic carbocycles. The first-order chi connectivity index (χ1) is 15.7. The van der Waals surface area contributed by atoms with Gasteiger partial charge in [0.05, 0.1) is 12.1 Å². The number of guanidine groups is 1. The molecule has 1 fully saturated rings. The fraction of sp³-hybridized carbons (Fsp3) is 0.391. The predicted octanol–water partition coefficient (Wildman–Crippen LogP) is 5.67. The number of rotatable bonds is 4. The number of benzene rings is 2. The van der Waals surface area contributed by atoms with E-state index in [9.17, 15) is 23.1 Å². The molecule has 6 nitrogen and oxygen atoms in total. The fourth-order valence-electron chi connectivity index (χ4n) is 4.22. The van der Waals surface area contributed by atoms with E-state index in [1.807, 2.05) is 0 Å². The summed E-state index contributed by atoms with van der Waals surface area (Å²) < 4.78 is 39.4. The quantitative estimate of drug-likeness (QED) is 0.591. The average molecular weight is 481 g/mol. The third-order valence-electron chi connectivity index (χ3n) is 5.90. The van der Waals surface area contributed by atoms with Crippen molar-refractivity contribution in [3.8, 4) is 0 Å². The van der Waals surface area contributed by atoms with Gasteiger partial charge in [-0.25, -0.2) is 4.79 Å². The number of aliphatic hydroxyl groups is 1. The van der Waals surface area contributed by atoms with Gasteiger partial charge in [-0.2, -0.15) is 18.2 Å². The maximum atomic E-state index is 13.1. The van der Waals surface area contributed by atoms with Gasteiger partial charge in [-0.15, -0.1) is 0 Å². The standard InChI is InChI=1S/C23H24ClF3N4O2/c24-17-11-9-15(10-12-17)14-30-20(28-18-6-4-5-16(13-18)23(25,26)27)29-21(32)31(22(30)33)19-7-2-1-3-8-19/h4-6,9-13,19,22,33H,1-3,7-8,14H2,(H,28,29,32). The molecule has 0 saturated heterocycles. The van der Waals surface area contributed by atoms with Gasteiger partial charge in [0.15, 0.2) is 0 Å². The molecule has 2 aromatic carbocycles. The first-order valence-electron chi connectivity index (χ1n) is 10.8. The van der Waals surface area contributed by atoms with Crippen LogP contribution in [-0.2, 0) is 12.7 Å². The van der Waals surface area contributed by atoms with Crippen LogP contribution in [0.5, 0.6) is 0 Å². The largest absolute Gasteiger partial charge is 0.416 e. The van der Waals surface area contributed by atoms with Crippen LogP contribution < -0.4 is 5.32 Å². The molecular formula is C23H24ClF3N4O2.